The summed E-state index contributed by atoms with van der Waals surface area (Å²) in [7, 11) is 0. The Hall–Kier alpha value is -4.58. The zero-order valence-electron chi connectivity index (χ0n) is 25.7. The van der Waals surface area contributed by atoms with Crippen LogP contribution in [0.3, 0.4) is 0 Å². The van der Waals surface area contributed by atoms with Crippen LogP contribution in [0.4, 0.5) is 17.8 Å². The lowest BCUT2D eigenvalue weighted by molar-refractivity contribution is 0.0519. The molecule has 0 atom stereocenters. The van der Waals surface area contributed by atoms with Crippen LogP contribution in [-0.2, 0) is 9.47 Å². The van der Waals surface area contributed by atoms with Gasteiger partial charge in [-0.25, -0.2) is 0 Å². The van der Waals surface area contributed by atoms with E-state index in [9.17, 15) is 4.79 Å². The first kappa shape index (κ1) is 33.3. The third kappa shape index (κ3) is 12.1. The third-order valence-electron chi connectivity index (χ3n) is 6.89. The van der Waals surface area contributed by atoms with E-state index in [1.807, 2.05) is 30.3 Å². The quantitative estimate of drug-likeness (QED) is 0.0870. The molecule has 0 saturated carbocycles. The van der Waals surface area contributed by atoms with E-state index < -0.39 is 0 Å². The molecule has 0 bridgehead atoms. The topological polar surface area (TPSA) is 148 Å². The van der Waals surface area contributed by atoms with E-state index in [2.05, 4.69) is 84.8 Å². The molecule has 11 heteroatoms. The number of amides is 1. The molecule has 1 heterocycles. The zero-order chi connectivity index (χ0) is 31.4. The molecular formula is C34H44N8O3. The van der Waals surface area contributed by atoms with Crippen LogP contribution < -0.4 is 27.0 Å². The highest BCUT2D eigenvalue weighted by molar-refractivity contribution is 5.94. The lowest BCUT2D eigenvalue weighted by atomic mass is 9.88. The predicted octanol–water partition coefficient (Wildman–Crippen LogP) is 4.14. The molecule has 4 aromatic rings. The molecule has 0 saturated heterocycles. The van der Waals surface area contributed by atoms with E-state index in [0.717, 1.165) is 12.8 Å². The first-order valence-corrected chi connectivity index (χ1v) is 15.5. The van der Waals surface area contributed by atoms with Gasteiger partial charge in [-0.2, -0.15) is 15.0 Å². The van der Waals surface area contributed by atoms with E-state index in [-0.39, 0.29) is 11.8 Å². The first-order chi connectivity index (χ1) is 22.2. The number of aromatic nitrogens is 3. The second-order valence-electron chi connectivity index (χ2n) is 10.2. The van der Waals surface area contributed by atoms with Crippen LogP contribution in [0.1, 0.15) is 40.2 Å². The molecule has 6 N–H and O–H groups in total. The number of anilines is 3. The number of hydrogen-bond donors (Lipinski definition) is 5. The van der Waals surface area contributed by atoms with Gasteiger partial charge in [0.25, 0.3) is 5.91 Å². The van der Waals surface area contributed by atoms with Crippen molar-refractivity contribution in [2.45, 2.75) is 18.8 Å². The monoisotopic (exact) mass is 612 g/mol. The van der Waals surface area contributed by atoms with Crippen molar-refractivity contribution in [3.8, 4) is 0 Å². The summed E-state index contributed by atoms with van der Waals surface area (Å²) in [6.45, 7) is 4.62. The normalized spacial score (nSPS) is 10.9. The van der Waals surface area contributed by atoms with Crippen LogP contribution in [0.2, 0.25) is 0 Å². The maximum Gasteiger partial charge on any atom is 0.251 e. The number of carbonyl (C=O) groups excluding carboxylic acids is 1. The van der Waals surface area contributed by atoms with Crippen molar-refractivity contribution in [3.05, 3.63) is 108 Å². The molecule has 0 aliphatic heterocycles. The number of nitrogens with zero attached hydrogens (tertiary/aromatic N) is 3. The maximum absolute atomic E-state index is 12.0. The van der Waals surface area contributed by atoms with E-state index in [4.69, 9.17) is 15.2 Å². The van der Waals surface area contributed by atoms with Gasteiger partial charge in [0.1, 0.15) is 0 Å². The van der Waals surface area contributed by atoms with Gasteiger partial charge in [0.05, 0.1) is 26.4 Å². The molecule has 45 heavy (non-hydrogen) atoms. The Morgan fingerprint density at radius 1 is 0.622 bits per heavy atom. The van der Waals surface area contributed by atoms with Gasteiger partial charge in [-0.1, -0.05) is 78.9 Å². The molecule has 0 radical (unpaired) electrons. The Balaban J connectivity index is 1.19. The molecule has 11 nitrogen and oxygen atoms in total. The van der Waals surface area contributed by atoms with Crippen molar-refractivity contribution in [2.75, 3.05) is 75.1 Å². The highest BCUT2D eigenvalue weighted by Gasteiger charge is 2.14. The lowest BCUT2D eigenvalue weighted by Crippen LogP contribution is -2.27. The minimum absolute atomic E-state index is 0.112. The van der Waals surface area contributed by atoms with Crippen LogP contribution >= 0.6 is 0 Å². The standard InChI is InChI=1S/C34H44N8O3/c35-18-10-19-37-32-40-33(38-20-17-30(27-11-4-1-5-12-27)28-13-6-2-7-14-28)42-34(41-32)39-22-24-45-26-25-44-23-21-36-31(43)29-15-8-3-9-16-29/h1-9,11-16,30H,10,17-26,35H2,(H,36,43)(H3,37,38,39,40,41,42). The largest absolute Gasteiger partial charge is 0.377 e. The average Bonchev–Trinajstić information content (AvgIpc) is 3.08. The summed E-state index contributed by atoms with van der Waals surface area (Å²) in [5.41, 5.74) is 8.83. The summed E-state index contributed by atoms with van der Waals surface area (Å²) in [6, 6.07) is 30.2. The lowest BCUT2D eigenvalue weighted by Gasteiger charge is -2.19. The first-order valence-electron chi connectivity index (χ1n) is 15.5. The molecule has 238 valence electrons. The van der Waals surface area contributed by atoms with E-state index >= 15 is 0 Å². The number of nitrogens with two attached hydrogens (primary N) is 1. The van der Waals surface area contributed by atoms with E-state index in [0.29, 0.717) is 82.6 Å². The number of carbonyl (C=O) groups is 1. The third-order valence-corrected chi connectivity index (χ3v) is 6.89. The van der Waals surface area contributed by atoms with Gasteiger partial charge in [0.15, 0.2) is 0 Å². The fraction of sp³-hybridized carbons (Fsp3) is 0.353. The minimum Gasteiger partial charge on any atom is -0.377 e. The molecule has 0 aliphatic carbocycles. The minimum atomic E-state index is -0.112. The van der Waals surface area contributed by atoms with Gasteiger partial charge in [0.2, 0.25) is 17.8 Å². The van der Waals surface area contributed by atoms with Crippen LogP contribution in [-0.4, -0.2) is 80.0 Å². The Morgan fingerprint density at radius 2 is 1.11 bits per heavy atom. The van der Waals surface area contributed by atoms with Crippen LogP contribution in [0, 0.1) is 0 Å². The summed E-state index contributed by atoms with van der Waals surface area (Å²) in [6.07, 6.45) is 1.68. The molecule has 0 spiro atoms. The molecule has 1 amide bonds. The van der Waals surface area contributed by atoms with Crippen molar-refractivity contribution >= 4 is 23.8 Å². The van der Waals surface area contributed by atoms with E-state index in [1.54, 1.807) is 12.1 Å². The molecule has 0 aliphatic rings. The summed E-state index contributed by atoms with van der Waals surface area (Å²) in [5, 5.41) is 12.7. The fourth-order valence-electron chi connectivity index (χ4n) is 4.63. The second-order valence-corrected chi connectivity index (χ2v) is 10.2. The van der Waals surface area contributed by atoms with Crippen molar-refractivity contribution in [3.63, 3.8) is 0 Å². The Morgan fingerprint density at radius 3 is 1.67 bits per heavy atom. The number of benzene rings is 3. The number of hydrogen-bond acceptors (Lipinski definition) is 10. The van der Waals surface area contributed by atoms with Gasteiger partial charge in [-0.05, 0) is 42.6 Å². The summed E-state index contributed by atoms with van der Waals surface area (Å²) in [5.74, 6) is 1.57. The van der Waals surface area contributed by atoms with Gasteiger partial charge >= 0.3 is 0 Å². The number of ether oxygens (including phenoxy) is 2. The highest BCUT2D eigenvalue weighted by atomic mass is 16.5. The van der Waals surface area contributed by atoms with Gasteiger partial charge < -0.3 is 36.5 Å². The smallest absolute Gasteiger partial charge is 0.251 e. The Labute approximate surface area is 265 Å². The van der Waals surface area contributed by atoms with Crippen molar-refractivity contribution in [1.82, 2.24) is 20.3 Å². The van der Waals surface area contributed by atoms with Crippen LogP contribution in [0.5, 0.6) is 0 Å². The van der Waals surface area contributed by atoms with Crippen molar-refractivity contribution < 1.29 is 14.3 Å². The van der Waals surface area contributed by atoms with Crippen molar-refractivity contribution in [1.29, 1.82) is 0 Å². The fourth-order valence-corrected chi connectivity index (χ4v) is 4.63. The van der Waals surface area contributed by atoms with Gasteiger partial charge in [-0.3, -0.25) is 4.79 Å². The zero-order valence-corrected chi connectivity index (χ0v) is 25.7. The number of nitrogens with one attached hydrogen (secondary N) is 4. The van der Waals surface area contributed by atoms with Crippen molar-refractivity contribution in [2.24, 2.45) is 5.73 Å². The molecule has 4 rings (SSSR count). The van der Waals surface area contributed by atoms with Crippen LogP contribution in [0.15, 0.2) is 91.0 Å². The van der Waals surface area contributed by atoms with Gasteiger partial charge in [-0.15, -0.1) is 0 Å². The SMILES string of the molecule is NCCCNc1nc(NCCOCCOCCNC(=O)c2ccccc2)nc(NCCC(c2ccccc2)c2ccccc2)n1. The van der Waals surface area contributed by atoms with Crippen LogP contribution in [0.25, 0.3) is 0 Å². The average molecular weight is 613 g/mol. The molecule has 0 unspecified atom stereocenters. The highest BCUT2D eigenvalue weighted by Crippen LogP contribution is 2.27. The Bertz CT molecular complexity index is 1340. The summed E-state index contributed by atoms with van der Waals surface area (Å²) < 4.78 is 11.2. The van der Waals surface area contributed by atoms with Gasteiger partial charge in [0, 0.05) is 37.7 Å². The molecule has 0 fully saturated rings. The predicted molar refractivity (Wildman–Crippen MR) is 179 cm³/mol. The Kier molecular flexibility index (Phi) is 14.5. The summed E-state index contributed by atoms with van der Waals surface area (Å²) >= 11 is 0. The van der Waals surface area contributed by atoms with E-state index in [1.165, 1.54) is 11.1 Å². The maximum atomic E-state index is 12.0. The molecule has 1 aromatic heterocycles. The number of rotatable bonds is 21. The molecular weight excluding hydrogens is 568 g/mol. The second kappa shape index (κ2) is 19.6. The summed E-state index contributed by atoms with van der Waals surface area (Å²) in [4.78, 5) is 25.7. The molecule has 3 aromatic carbocycles.